The monoisotopic (exact) mass is 277 g/mol. The number of hydrogen-bond acceptors (Lipinski definition) is 1. The van der Waals surface area contributed by atoms with Crippen LogP contribution in [0.1, 0.15) is 0 Å². The van der Waals surface area contributed by atoms with Crippen LogP contribution in [0.15, 0.2) is 29.0 Å². The Kier molecular flexibility index (Phi) is 13.4. The molecule has 0 atom stereocenters. The van der Waals surface area contributed by atoms with Gasteiger partial charge in [-0.15, -0.1) is 35.6 Å². The van der Waals surface area contributed by atoms with Gasteiger partial charge in [-0.2, -0.15) is 0 Å². The first-order chi connectivity index (χ1) is 4.81. The molecule has 0 aliphatic carbocycles. The minimum Gasteiger partial charge on any atom is -0.265 e. The number of pyridine rings is 1. The second kappa shape index (κ2) is 10.5. The standard InChI is InChI=1S/C5H4BrN.CH2Cl2.ClH/c6-5-1-3-7-4-2-5;2-1-3;/h1-4H;1H2;1H. The summed E-state index contributed by atoms with van der Waals surface area (Å²) in [6.07, 6.45) is 3.48. The first-order valence-electron chi connectivity index (χ1n) is 2.48. The smallest absolute Gasteiger partial charge is 0.0967 e. The van der Waals surface area contributed by atoms with Gasteiger partial charge in [0, 0.05) is 16.9 Å². The summed E-state index contributed by atoms with van der Waals surface area (Å²) < 4.78 is 1.07. The molecular formula is C6H7BrCl3N. The van der Waals surface area contributed by atoms with Crippen LogP contribution in [0, 0.1) is 0 Å². The summed E-state index contributed by atoms with van der Waals surface area (Å²) in [5.41, 5.74) is 0. The van der Waals surface area contributed by atoms with Crippen LogP contribution in [-0.4, -0.2) is 10.3 Å². The number of hydrogen-bond donors (Lipinski definition) is 0. The third kappa shape index (κ3) is 10.5. The molecule has 0 bridgehead atoms. The highest BCUT2D eigenvalue weighted by atomic mass is 79.9. The van der Waals surface area contributed by atoms with Crippen LogP contribution in [0.3, 0.4) is 0 Å². The van der Waals surface area contributed by atoms with E-state index in [2.05, 4.69) is 20.9 Å². The van der Waals surface area contributed by atoms with Gasteiger partial charge in [0.25, 0.3) is 0 Å². The largest absolute Gasteiger partial charge is 0.265 e. The summed E-state index contributed by atoms with van der Waals surface area (Å²) in [6.45, 7) is 0. The third-order valence-corrected chi connectivity index (χ3v) is 1.17. The van der Waals surface area contributed by atoms with E-state index in [-0.39, 0.29) is 17.7 Å². The minimum absolute atomic E-state index is 0. The molecule has 1 aromatic heterocycles. The lowest BCUT2D eigenvalue weighted by atomic mass is 10.5. The lowest BCUT2D eigenvalue weighted by Crippen LogP contribution is -1.63. The topological polar surface area (TPSA) is 12.9 Å². The lowest BCUT2D eigenvalue weighted by molar-refractivity contribution is 1.32. The Balaban J connectivity index is 0. The fourth-order valence-corrected chi connectivity index (χ4v) is 0.570. The average Bonchev–Trinajstić information content (AvgIpc) is 1.91. The quantitative estimate of drug-likeness (QED) is 0.660. The first kappa shape index (κ1) is 14.0. The molecule has 64 valence electrons. The summed E-state index contributed by atoms with van der Waals surface area (Å²) in [5.74, 6) is 0. The minimum atomic E-state index is 0. The van der Waals surface area contributed by atoms with Gasteiger partial charge < -0.3 is 0 Å². The second-order valence-corrected chi connectivity index (χ2v) is 2.99. The van der Waals surface area contributed by atoms with E-state index in [1.807, 2.05) is 12.1 Å². The fraction of sp³-hybridized carbons (Fsp3) is 0.167. The first-order valence-corrected chi connectivity index (χ1v) is 4.35. The molecule has 11 heavy (non-hydrogen) atoms. The zero-order valence-corrected chi connectivity index (χ0v) is 9.42. The van der Waals surface area contributed by atoms with Crippen LogP contribution in [0.5, 0.6) is 0 Å². The van der Waals surface area contributed by atoms with Crippen molar-refractivity contribution in [1.29, 1.82) is 0 Å². The van der Waals surface area contributed by atoms with E-state index in [0.717, 1.165) is 4.47 Å². The number of rotatable bonds is 0. The van der Waals surface area contributed by atoms with Crippen LogP contribution in [-0.2, 0) is 0 Å². The lowest BCUT2D eigenvalue weighted by Gasteiger charge is -1.80. The highest BCUT2D eigenvalue weighted by Gasteiger charge is 1.75. The zero-order chi connectivity index (χ0) is 7.82. The van der Waals surface area contributed by atoms with Gasteiger partial charge in [-0.3, -0.25) is 4.98 Å². The Morgan fingerprint density at radius 3 is 1.82 bits per heavy atom. The van der Waals surface area contributed by atoms with Gasteiger partial charge in [-0.25, -0.2) is 0 Å². The predicted molar refractivity (Wildman–Crippen MR) is 55.8 cm³/mol. The van der Waals surface area contributed by atoms with E-state index in [1.54, 1.807) is 12.4 Å². The number of nitrogens with zero attached hydrogens (tertiary/aromatic N) is 1. The number of aromatic nitrogens is 1. The molecular weight excluding hydrogens is 272 g/mol. The molecule has 5 heteroatoms. The van der Waals surface area contributed by atoms with E-state index < -0.39 is 0 Å². The van der Waals surface area contributed by atoms with Crippen LogP contribution in [0.25, 0.3) is 0 Å². The number of halogens is 4. The maximum absolute atomic E-state index is 4.76. The van der Waals surface area contributed by atoms with Crippen LogP contribution in [0.4, 0.5) is 0 Å². The Morgan fingerprint density at radius 1 is 1.27 bits per heavy atom. The molecule has 0 saturated heterocycles. The molecule has 0 unspecified atom stereocenters. The van der Waals surface area contributed by atoms with Gasteiger partial charge in [0.1, 0.15) is 0 Å². The molecule has 0 aromatic carbocycles. The summed E-state index contributed by atoms with van der Waals surface area (Å²) in [5, 5.41) is 0.194. The molecule has 0 amide bonds. The zero-order valence-electron chi connectivity index (χ0n) is 5.51. The van der Waals surface area contributed by atoms with E-state index in [0.29, 0.717) is 0 Å². The Bertz CT molecular complexity index is 159. The predicted octanol–water partition coefficient (Wildman–Crippen LogP) is 3.69. The average molecular weight is 279 g/mol. The van der Waals surface area contributed by atoms with Gasteiger partial charge >= 0.3 is 0 Å². The van der Waals surface area contributed by atoms with Gasteiger partial charge in [0.05, 0.1) is 5.34 Å². The van der Waals surface area contributed by atoms with Gasteiger partial charge in [-0.05, 0) is 12.1 Å². The van der Waals surface area contributed by atoms with Crippen molar-refractivity contribution in [2.45, 2.75) is 0 Å². The van der Waals surface area contributed by atoms with Crippen molar-refractivity contribution >= 4 is 51.5 Å². The van der Waals surface area contributed by atoms with E-state index in [1.165, 1.54) is 0 Å². The van der Waals surface area contributed by atoms with Crippen molar-refractivity contribution in [3.8, 4) is 0 Å². The number of alkyl halides is 2. The van der Waals surface area contributed by atoms with Crippen molar-refractivity contribution in [3.63, 3.8) is 0 Å². The molecule has 0 aliphatic rings. The van der Waals surface area contributed by atoms with Gasteiger partial charge in [0.15, 0.2) is 0 Å². The summed E-state index contributed by atoms with van der Waals surface area (Å²) in [6, 6.07) is 3.78. The maximum atomic E-state index is 4.76. The Hall–Kier alpha value is 0.500. The van der Waals surface area contributed by atoms with Crippen molar-refractivity contribution < 1.29 is 0 Å². The molecule has 1 nitrogen and oxygen atoms in total. The molecule has 0 fully saturated rings. The van der Waals surface area contributed by atoms with Gasteiger partial charge in [0.2, 0.25) is 0 Å². The fourth-order valence-electron chi connectivity index (χ4n) is 0.334. The Labute approximate surface area is 90.6 Å². The Morgan fingerprint density at radius 2 is 1.64 bits per heavy atom. The summed E-state index contributed by atoms with van der Waals surface area (Å²) in [7, 11) is 0. The maximum Gasteiger partial charge on any atom is 0.0967 e. The summed E-state index contributed by atoms with van der Waals surface area (Å²) in [4.78, 5) is 3.82. The molecule has 0 aliphatic heterocycles. The SMILES string of the molecule is Brc1ccncc1.Cl.ClCCl. The third-order valence-electron chi connectivity index (χ3n) is 0.640. The van der Waals surface area contributed by atoms with Crippen LogP contribution < -0.4 is 0 Å². The molecule has 0 spiro atoms. The second-order valence-electron chi connectivity index (χ2n) is 1.27. The molecule has 1 rings (SSSR count). The molecule has 0 N–H and O–H groups in total. The van der Waals surface area contributed by atoms with E-state index >= 15 is 0 Å². The van der Waals surface area contributed by atoms with Crippen LogP contribution in [0.2, 0.25) is 0 Å². The molecule has 1 aromatic rings. The summed E-state index contributed by atoms with van der Waals surface area (Å²) >= 11 is 12.8. The van der Waals surface area contributed by atoms with Crippen molar-refractivity contribution in [2.24, 2.45) is 0 Å². The van der Waals surface area contributed by atoms with Gasteiger partial charge in [-0.1, -0.05) is 15.9 Å². The normalized spacial score (nSPS) is 7.18. The van der Waals surface area contributed by atoms with Crippen molar-refractivity contribution in [2.75, 3.05) is 5.34 Å². The van der Waals surface area contributed by atoms with E-state index in [4.69, 9.17) is 23.2 Å². The molecule has 0 radical (unpaired) electrons. The molecule has 1 heterocycles. The molecule has 0 saturated carbocycles. The highest BCUT2D eigenvalue weighted by Crippen LogP contribution is 2.03. The van der Waals surface area contributed by atoms with Crippen molar-refractivity contribution in [1.82, 2.24) is 4.98 Å². The van der Waals surface area contributed by atoms with E-state index in [9.17, 15) is 0 Å². The van der Waals surface area contributed by atoms with Crippen molar-refractivity contribution in [3.05, 3.63) is 29.0 Å². The van der Waals surface area contributed by atoms with Crippen LogP contribution >= 0.6 is 51.5 Å². The highest BCUT2D eigenvalue weighted by molar-refractivity contribution is 9.10.